The van der Waals surface area contributed by atoms with Crippen LogP contribution in [0.5, 0.6) is 0 Å². The van der Waals surface area contributed by atoms with E-state index >= 15 is 0 Å². The Morgan fingerprint density at radius 3 is 2.71 bits per heavy atom. The number of nitrogens with two attached hydrogens (primary N) is 1. The van der Waals surface area contributed by atoms with Crippen LogP contribution in [-0.2, 0) is 9.84 Å². The van der Waals surface area contributed by atoms with E-state index in [0.29, 0.717) is 4.90 Å². The van der Waals surface area contributed by atoms with Gasteiger partial charge in [-0.15, -0.1) is 0 Å². The fourth-order valence-electron chi connectivity index (χ4n) is 1.95. The van der Waals surface area contributed by atoms with Crippen molar-refractivity contribution < 1.29 is 8.42 Å². The lowest BCUT2D eigenvalue weighted by molar-refractivity contribution is 0.486. The number of hydrogen-bond acceptors (Lipinski definition) is 4. The average Bonchev–Trinajstić information content (AvgIpc) is 3.09. The van der Waals surface area contributed by atoms with Crippen molar-refractivity contribution in [2.75, 3.05) is 6.26 Å². The largest absolute Gasteiger partial charge is 0.271 e. The zero-order valence-corrected chi connectivity index (χ0v) is 10.7. The van der Waals surface area contributed by atoms with Crippen LogP contribution in [0.15, 0.2) is 29.2 Å². The highest BCUT2D eigenvalue weighted by Gasteiger charge is 2.26. The molecule has 1 unspecified atom stereocenters. The van der Waals surface area contributed by atoms with E-state index in [2.05, 4.69) is 5.43 Å². The third kappa shape index (κ3) is 3.28. The first kappa shape index (κ1) is 12.5. The highest BCUT2D eigenvalue weighted by molar-refractivity contribution is 7.90. The summed E-state index contributed by atoms with van der Waals surface area (Å²) in [4.78, 5) is 0.353. The summed E-state index contributed by atoms with van der Waals surface area (Å²) in [7, 11) is -3.15. The van der Waals surface area contributed by atoms with Gasteiger partial charge in [0.05, 0.1) is 4.90 Å². The highest BCUT2D eigenvalue weighted by Crippen LogP contribution is 2.37. The number of benzene rings is 1. The molecule has 1 atom stereocenters. The maximum Gasteiger partial charge on any atom is 0.175 e. The van der Waals surface area contributed by atoms with Crippen molar-refractivity contribution in [3.05, 3.63) is 29.8 Å². The van der Waals surface area contributed by atoms with Gasteiger partial charge in [0.15, 0.2) is 9.84 Å². The molecule has 0 radical (unpaired) electrons. The number of rotatable bonds is 5. The normalized spacial score (nSPS) is 18.0. The quantitative estimate of drug-likeness (QED) is 0.615. The van der Waals surface area contributed by atoms with Crippen LogP contribution in [0.2, 0.25) is 0 Å². The van der Waals surface area contributed by atoms with Crippen LogP contribution in [0.4, 0.5) is 0 Å². The summed E-state index contributed by atoms with van der Waals surface area (Å²) in [5, 5.41) is 0. The van der Waals surface area contributed by atoms with Gasteiger partial charge in [0.1, 0.15) is 0 Å². The topological polar surface area (TPSA) is 72.2 Å². The standard InChI is InChI=1S/C12H18N2O2S/c1-17(15,16)11-4-2-3-10(8-11)12(14-13)7-9-5-6-9/h2-4,8-9,12,14H,5-7,13H2,1H3. The SMILES string of the molecule is CS(=O)(=O)c1cccc(C(CC2CC2)NN)c1. The lowest BCUT2D eigenvalue weighted by Crippen LogP contribution is -2.28. The molecule has 0 saturated heterocycles. The maximum absolute atomic E-state index is 11.5. The Morgan fingerprint density at radius 2 is 2.18 bits per heavy atom. The van der Waals surface area contributed by atoms with E-state index in [0.717, 1.165) is 17.9 Å². The second kappa shape index (κ2) is 4.76. The lowest BCUT2D eigenvalue weighted by Gasteiger charge is -2.16. The molecule has 94 valence electrons. The van der Waals surface area contributed by atoms with Crippen molar-refractivity contribution in [3.8, 4) is 0 Å². The van der Waals surface area contributed by atoms with E-state index < -0.39 is 9.84 Å². The van der Waals surface area contributed by atoms with Gasteiger partial charge in [-0.05, 0) is 30.0 Å². The van der Waals surface area contributed by atoms with Crippen molar-refractivity contribution >= 4 is 9.84 Å². The Labute approximate surface area is 102 Å². The molecule has 1 aliphatic carbocycles. The summed E-state index contributed by atoms with van der Waals surface area (Å²) >= 11 is 0. The fraction of sp³-hybridized carbons (Fsp3) is 0.500. The molecule has 0 heterocycles. The third-order valence-electron chi connectivity index (χ3n) is 3.16. The number of sulfone groups is 1. The predicted octanol–water partition coefficient (Wildman–Crippen LogP) is 1.39. The van der Waals surface area contributed by atoms with Crippen molar-refractivity contribution in [1.82, 2.24) is 5.43 Å². The molecule has 0 aliphatic heterocycles. The molecule has 1 aromatic rings. The van der Waals surface area contributed by atoms with Crippen LogP contribution in [0.3, 0.4) is 0 Å². The first-order valence-corrected chi connectivity index (χ1v) is 7.66. The molecule has 0 spiro atoms. The van der Waals surface area contributed by atoms with Crippen LogP contribution < -0.4 is 11.3 Å². The minimum Gasteiger partial charge on any atom is -0.271 e. The highest BCUT2D eigenvalue weighted by atomic mass is 32.2. The lowest BCUT2D eigenvalue weighted by atomic mass is 10.0. The Morgan fingerprint density at radius 1 is 1.47 bits per heavy atom. The van der Waals surface area contributed by atoms with Crippen molar-refractivity contribution in [2.45, 2.75) is 30.2 Å². The smallest absolute Gasteiger partial charge is 0.175 e. The zero-order chi connectivity index (χ0) is 12.5. The third-order valence-corrected chi connectivity index (χ3v) is 4.27. The summed E-state index contributed by atoms with van der Waals surface area (Å²) in [5.74, 6) is 6.27. The molecule has 2 rings (SSSR count). The molecule has 0 amide bonds. The molecule has 4 nitrogen and oxygen atoms in total. The van der Waals surface area contributed by atoms with E-state index in [-0.39, 0.29) is 6.04 Å². The van der Waals surface area contributed by atoms with E-state index in [1.165, 1.54) is 19.1 Å². The Hall–Kier alpha value is -0.910. The maximum atomic E-state index is 11.5. The van der Waals surface area contributed by atoms with Gasteiger partial charge in [0, 0.05) is 12.3 Å². The van der Waals surface area contributed by atoms with Crippen molar-refractivity contribution in [1.29, 1.82) is 0 Å². The summed E-state index contributed by atoms with van der Waals surface area (Å²) in [6, 6.07) is 7.06. The number of hydrogen-bond donors (Lipinski definition) is 2. The van der Waals surface area contributed by atoms with Gasteiger partial charge < -0.3 is 0 Å². The van der Waals surface area contributed by atoms with Gasteiger partial charge in [-0.25, -0.2) is 8.42 Å². The van der Waals surface area contributed by atoms with E-state index in [9.17, 15) is 8.42 Å². The van der Waals surface area contributed by atoms with Gasteiger partial charge in [0.25, 0.3) is 0 Å². The van der Waals surface area contributed by atoms with Gasteiger partial charge in [-0.3, -0.25) is 11.3 Å². The molecule has 1 fully saturated rings. The number of hydrazine groups is 1. The predicted molar refractivity (Wildman–Crippen MR) is 67.0 cm³/mol. The molecule has 0 aromatic heterocycles. The van der Waals surface area contributed by atoms with E-state index in [1.807, 2.05) is 6.07 Å². The summed E-state index contributed by atoms with van der Waals surface area (Å²) < 4.78 is 23.0. The molecular formula is C12H18N2O2S. The summed E-state index contributed by atoms with van der Waals surface area (Å²) in [6.45, 7) is 0. The van der Waals surface area contributed by atoms with Gasteiger partial charge in [0.2, 0.25) is 0 Å². The molecule has 1 aromatic carbocycles. The minimum absolute atomic E-state index is 0.0456. The molecule has 3 N–H and O–H groups in total. The Balaban J connectivity index is 2.24. The second-order valence-corrected chi connectivity index (χ2v) is 6.76. The van der Waals surface area contributed by atoms with Crippen LogP contribution in [0, 0.1) is 5.92 Å². The first-order valence-electron chi connectivity index (χ1n) is 5.77. The van der Waals surface area contributed by atoms with E-state index in [4.69, 9.17) is 5.84 Å². The Bertz CT molecular complexity index is 495. The molecule has 1 aliphatic rings. The minimum atomic E-state index is -3.15. The van der Waals surface area contributed by atoms with Crippen LogP contribution in [0.1, 0.15) is 30.9 Å². The van der Waals surface area contributed by atoms with Gasteiger partial charge in [-0.2, -0.15) is 0 Å². The fourth-order valence-corrected chi connectivity index (χ4v) is 2.63. The first-order chi connectivity index (χ1) is 8.00. The molecule has 0 bridgehead atoms. The van der Waals surface area contributed by atoms with Gasteiger partial charge in [-0.1, -0.05) is 25.0 Å². The molecule has 1 saturated carbocycles. The average molecular weight is 254 g/mol. The number of nitrogens with one attached hydrogen (secondary N) is 1. The van der Waals surface area contributed by atoms with Crippen molar-refractivity contribution in [2.24, 2.45) is 11.8 Å². The van der Waals surface area contributed by atoms with E-state index in [1.54, 1.807) is 18.2 Å². The molecule has 17 heavy (non-hydrogen) atoms. The summed E-state index contributed by atoms with van der Waals surface area (Å²) in [5.41, 5.74) is 3.72. The zero-order valence-electron chi connectivity index (χ0n) is 9.89. The second-order valence-electron chi connectivity index (χ2n) is 4.74. The summed E-state index contributed by atoms with van der Waals surface area (Å²) in [6.07, 6.45) is 4.70. The Kier molecular flexibility index (Phi) is 3.51. The monoisotopic (exact) mass is 254 g/mol. The van der Waals surface area contributed by atoms with Crippen LogP contribution in [-0.4, -0.2) is 14.7 Å². The van der Waals surface area contributed by atoms with Crippen molar-refractivity contribution in [3.63, 3.8) is 0 Å². The van der Waals surface area contributed by atoms with Crippen LogP contribution >= 0.6 is 0 Å². The molecular weight excluding hydrogens is 236 g/mol. The molecule has 5 heteroatoms. The van der Waals surface area contributed by atoms with Crippen LogP contribution in [0.25, 0.3) is 0 Å². The van der Waals surface area contributed by atoms with Gasteiger partial charge >= 0.3 is 0 Å².